The van der Waals surface area contributed by atoms with Crippen LogP contribution in [0.5, 0.6) is 0 Å². The van der Waals surface area contributed by atoms with Gasteiger partial charge in [0.15, 0.2) is 5.96 Å². The molecule has 1 aromatic rings. The van der Waals surface area contributed by atoms with Gasteiger partial charge in [-0.2, -0.15) is 0 Å². The first-order valence-electron chi connectivity index (χ1n) is 9.90. The molecule has 0 amide bonds. The van der Waals surface area contributed by atoms with Crippen molar-refractivity contribution in [3.8, 4) is 0 Å². The zero-order valence-electron chi connectivity index (χ0n) is 17.6. The highest BCUT2D eigenvalue weighted by atomic mass is 127. The first-order valence-corrected chi connectivity index (χ1v) is 12.0. The van der Waals surface area contributed by atoms with Crippen molar-refractivity contribution >= 4 is 39.8 Å². The predicted molar refractivity (Wildman–Crippen MR) is 130 cm³/mol. The Labute approximate surface area is 192 Å². The van der Waals surface area contributed by atoms with Crippen molar-refractivity contribution in [1.82, 2.24) is 15.5 Å². The van der Waals surface area contributed by atoms with E-state index >= 15 is 0 Å². The van der Waals surface area contributed by atoms with E-state index in [1.807, 2.05) is 0 Å². The second-order valence-corrected chi connectivity index (χ2v) is 9.54. The van der Waals surface area contributed by atoms with Crippen LogP contribution in [0.1, 0.15) is 31.4 Å². The number of hydrogen-bond donors (Lipinski definition) is 2. The average Bonchev–Trinajstić information content (AvgIpc) is 2.69. The second-order valence-electron chi connectivity index (χ2n) is 7.28. The van der Waals surface area contributed by atoms with Crippen molar-refractivity contribution in [2.45, 2.75) is 31.8 Å². The van der Waals surface area contributed by atoms with Gasteiger partial charge in [0.05, 0.1) is 19.0 Å². The molecule has 9 heteroatoms. The maximum atomic E-state index is 11.1. The van der Waals surface area contributed by atoms with E-state index < -0.39 is 9.84 Å². The summed E-state index contributed by atoms with van der Waals surface area (Å²) in [6, 6.07) is 11.5. The molecule has 29 heavy (non-hydrogen) atoms. The molecule has 0 bridgehead atoms. The van der Waals surface area contributed by atoms with E-state index in [2.05, 4.69) is 57.8 Å². The summed E-state index contributed by atoms with van der Waals surface area (Å²) in [5, 5.41) is 6.71. The summed E-state index contributed by atoms with van der Waals surface area (Å²) >= 11 is 0. The highest BCUT2D eigenvalue weighted by molar-refractivity contribution is 14.0. The van der Waals surface area contributed by atoms with Gasteiger partial charge >= 0.3 is 0 Å². The zero-order valence-corrected chi connectivity index (χ0v) is 20.8. The molecule has 1 aliphatic rings. The minimum Gasteiger partial charge on any atom is -0.379 e. The summed E-state index contributed by atoms with van der Waals surface area (Å²) < 4.78 is 27.5. The van der Waals surface area contributed by atoms with Gasteiger partial charge in [-0.1, -0.05) is 30.3 Å². The lowest BCUT2D eigenvalue weighted by Crippen LogP contribution is -2.49. The first-order chi connectivity index (χ1) is 13.4. The summed E-state index contributed by atoms with van der Waals surface area (Å²) in [7, 11) is -1.21. The molecular formula is C20H35IN4O3S. The molecule has 7 nitrogen and oxygen atoms in total. The molecule has 1 aliphatic heterocycles. The molecule has 1 saturated heterocycles. The highest BCUT2D eigenvalue weighted by Crippen LogP contribution is 2.23. The molecule has 0 aliphatic carbocycles. The number of aliphatic imine (C=N–C) groups is 1. The molecule has 1 fully saturated rings. The van der Waals surface area contributed by atoms with Crippen molar-refractivity contribution in [2.75, 3.05) is 51.9 Å². The number of benzene rings is 1. The number of nitrogens with one attached hydrogen (secondary N) is 2. The van der Waals surface area contributed by atoms with Crippen LogP contribution < -0.4 is 10.6 Å². The van der Waals surface area contributed by atoms with Crippen molar-refractivity contribution < 1.29 is 13.2 Å². The van der Waals surface area contributed by atoms with Gasteiger partial charge in [-0.3, -0.25) is 9.89 Å². The van der Waals surface area contributed by atoms with Crippen LogP contribution in [0.2, 0.25) is 0 Å². The third-order valence-corrected chi connectivity index (χ3v) is 5.97. The van der Waals surface area contributed by atoms with E-state index in [0.717, 1.165) is 31.9 Å². The molecule has 2 N–H and O–H groups in total. The Bertz CT molecular complexity index is 708. The molecule has 0 radical (unpaired) electrons. The summed E-state index contributed by atoms with van der Waals surface area (Å²) in [5.41, 5.74) is 1.36. The number of guanidine groups is 1. The van der Waals surface area contributed by atoms with Crippen LogP contribution in [0, 0.1) is 0 Å². The highest BCUT2D eigenvalue weighted by Gasteiger charge is 2.23. The first kappa shape index (κ1) is 26.1. The Morgan fingerprint density at radius 3 is 2.48 bits per heavy atom. The van der Waals surface area contributed by atoms with Crippen LogP contribution in [-0.4, -0.2) is 77.2 Å². The lowest BCUT2D eigenvalue weighted by Gasteiger charge is -2.37. The SMILES string of the molecule is CN=C(NCCOCCS(C)(=O)=O)NC1CCN(C(C)c2ccccc2)CC1.I. The second kappa shape index (κ2) is 13.4. The van der Waals surface area contributed by atoms with Gasteiger partial charge in [0.2, 0.25) is 0 Å². The van der Waals surface area contributed by atoms with Crippen molar-refractivity contribution in [2.24, 2.45) is 4.99 Å². The Morgan fingerprint density at radius 1 is 1.24 bits per heavy atom. The molecular weight excluding hydrogens is 503 g/mol. The molecule has 0 saturated carbocycles. The van der Waals surface area contributed by atoms with Gasteiger partial charge in [0.1, 0.15) is 9.84 Å². The Morgan fingerprint density at radius 2 is 1.90 bits per heavy atom. The largest absolute Gasteiger partial charge is 0.379 e. The van der Waals surface area contributed by atoms with Gasteiger partial charge in [-0.15, -0.1) is 24.0 Å². The van der Waals surface area contributed by atoms with E-state index in [1.165, 1.54) is 11.8 Å². The normalized spacial score (nSPS) is 17.4. The van der Waals surface area contributed by atoms with Crippen LogP contribution in [-0.2, 0) is 14.6 Å². The van der Waals surface area contributed by atoms with E-state index in [0.29, 0.717) is 25.2 Å². The molecule has 166 valence electrons. The fraction of sp³-hybridized carbons (Fsp3) is 0.650. The third kappa shape index (κ3) is 10.1. The maximum Gasteiger partial charge on any atom is 0.191 e. The van der Waals surface area contributed by atoms with Crippen molar-refractivity contribution in [1.29, 1.82) is 0 Å². The van der Waals surface area contributed by atoms with Gasteiger partial charge in [-0.05, 0) is 25.3 Å². The predicted octanol–water partition coefficient (Wildman–Crippen LogP) is 2.06. The standard InChI is InChI=1S/C20H34N4O3S.HI/c1-17(18-7-5-4-6-8-18)24-12-9-19(10-13-24)23-20(21-2)22-11-14-27-15-16-28(3,25)26;/h4-8,17,19H,9-16H2,1-3H3,(H2,21,22,23);1H. The van der Waals surface area contributed by atoms with Gasteiger partial charge in [0, 0.05) is 45.0 Å². The lowest BCUT2D eigenvalue weighted by molar-refractivity contribution is 0.152. The Balaban J connectivity index is 0.00000420. The van der Waals surface area contributed by atoms with Crippen LogP contribution in [0.3, 0.4) is 0 Å². The van der Waals surface area contributed by atoms with Crippen LogP contribution >= 0.6 is 24.0 Å². The maximum absolute atomic E-state index is 11.1. The summed E-state index contributed by atoms with van der Waals surface area (Å²) in [4.78, 5) is 6.80. The number of sulfone groups is 1. The number of ether oxygens (including phenoxy) is 1. The summed E-state index contributed by atoms with van der Waals surface area (Å²) in [6.45, 7) is 5.65. The Kier molecular flexibility index (Phi) is 12.1. The number of piperidine rings is 1. The van der Waals surface area contributed by atoms with Gasteiger partial charge in [0.25, 0.3) is 0 Å². The number of halogens is 1. The summed E-state index contributed by atoms with van der Waals surface area (Å²) in [6.07, 6.45) is 3.36. The monoisotopic (exact) mass is 538 g/mol. The molecule has 1 heterocycles. The third-order valence-electron chi connectivity index (χ3n) is 5.06. The molecule has 0 aromatic heterocycles. The number of likely N-dealkylation sites (tertiary alicyclic amines) is 1. The molecule has 1 unspecified atom stereocenters. The number of hydrogen-bond acceptors (Lipinski definition) is 5. The van der Waals surface area contributed by atoms with E-state index in [1.54, 1.807) is 7.05 Å². The molecule has 1 atom stereocenters. The fourth-order valence-electron chi connectivity index (χ4n) is 3.32. The quantitative estimate of drug-likeness (QED) is 0.217. The van der Waals surface area contributed by atoms with E-state index in [9.17, 15) is 8.42 Å². The van der Waals surface area contributed by atoms with Crippen molar-refractivity contribution in [3.05, 3.63) is 35.9 Å². The lowest BCUT2D eigenvalue weighted by atomic mass is 10.0. The van der Waals surface area contributed by atoms with Crippen LogP contribution in [0.15, 0.2) is 35.3 Å². The van der Waals surface area contributed by atoms with Crippen LogP contribution in [0.25, 0.3) is 0 Å². The minimum atomic E-state index is -2.97. The summed E-state index contributed by atoms with van der Waals surface area (Å²) in [5.74, 6) is 0.821. The number of rotatable bonds is 9. The molecule has 0 spiro atoms. The fourth-order valence-corrected chi connectivity index (χ4v) is 3.74. The van der Waals surface area contributed by atoms with Crippen LogP contribution in [0.4, 0.5) is 0 Å². The zero-order chi connectivity index (χ0) is 20.4. The average molecular weight is 538 g/mol. The molecule has 2 rings (SSSR count). The molecule has 1 aromatic carbocycles. The van der Waals surface area contributed by atoms with Gasteiger partial charge in [-0.25, -0.2) is 8.42 Å². The minimum absolute atomic E-state index is 0. The van der Waals surface area contributed by atoms with Gasteiger partial charge < -0.3 is 15.4 Å². The number of nitrogens with zero attached hydrogens (tertiary/aromatic N) is 2. The van der Waals surface area contributed by atoms with Crippen molar-refractivity contribution in [3.63, 3.8) is 0 Å². The van der Waals surface area contributed by atoms with E-state index in [4.69, 9.17) is 4.74 Å². The topological polar surface area (TPSA) is 83.0 Å². The Hall–Kier alpha value is -0.910. The smallest absolute Gasteiger partial charge is 0.191 e. The van der Waals surface area contributed by atoms with E-state index in [-0.39, 0.29) is 36.3 Å².